The molecule has 0 unspecified atom stereocenters. The lowest BCUT2D eigenvalue weighted by molar-refractivity contribution is 1.04. The Labute approximate surface area is 107 Å². The lowest BCUT2D eigenvalue weighted by Gasteiger charge is -1.94. The van der Waals surface area contributed by atoms with Crippen LogP contribution in [0.1, 0.15) is 16.0 Å². The molecule has 16 heavy (non-hydrogen) atoms. The van der Waals surface area contributed by atoms with E-state index in [4.69, 9.17) is 5.73 Å². The second kappa shape index (κ2) is 4.48. The molecule has 0 aliphatic heterocycles. The van der Waals surface area contributed by atoms with Gasteiger partial charge in [0.15, 0.2) is 5.11 Å². The lowest BCUT2D eigenvalue weighted by Crippen LogP contribution is -2.23. The van der Waals surface area contributed by atoms with Gasteiger partial charge in [0.2, 0.25) is 0 Å². The van der Waals surface area contributed by atoms with Crippen molar-refractivity contribution in [2.75, 3.05) is 0 Å². The van der Waals surface area contributed by atoms with E-state index in [-0.39, 0.29) is 5.11 Å². The van der Waals surface area contributed by atoms with Gasteiger partial charge < -0.3 is 5.73 Å². The molecule has 0 fully saturated rings. The molecule has 2 heterocycles. The molecule has 2 rings (SSSR count). The maximum atomic E-state index is 5.29. The van der Waals surface area contributed by atoms with Gasteiger partial charge in [0, 0.05) is 5.39 Å². The summed E-state index contributed by atoms with van der Waals surface area (Å²) in [5, 5.41) is 7.70. The van der Waals surface area contributed by atoms with E-state index >= 15 is 0 Å². The highest BCUT2D eigenvalue weighted by Gasteiger charge is 2.10. The molecule has 0 saturated carbocycles. The summed E-state index contributed by atoms with van der Waals surface area (Å²) in [5.41, 5.74) is 10.4. The van der Waals surface area contributed by atoms with Crippen molar-refractivity contribution >= 4 is 55.6 Å². The smallest absolute Gasteiger partial charge is 0.184 e. The van der Waals surface area contributed by atoms with Crippen molar-refractivity contribution in [2.24, 2.45) is 10.8 Å². The number of nitrogens with one attached hydrogen (secondary N) is 1. The van der Waals surface area contributed by atoms with E-state index < -0.39 is 0 Å². The summed E-state index contributed by atoms with van der Waals surface area (Å²) >= 11 is 8.19. The quantitative estimate of drug-likeness (QED) is 0.501. The molecule has 0 aliphatic carbocycles. The number of aryl methyl sites for hydroxylation is 2. The van der Waals surface area contributed by atoms with Crippen LogP contribution >= 0.6 is 34.9 Å². The van der Waals surface area contributed by atoms with Gasteiger partial charge in [-0.1, -0.05) is 0 Å². The third-order valence-corrected chi connectivity index (χ3v) is 4.79. The molecule has 6 heteroatoms. The molecular weight excluding hydrogens is 258 g/mol. The van der Waals surface area contributed by atoms with E-state index in [2.05, 4.69) is 42.0 Å². The van der Waals surface area contributed by atoms with Crippen LogP contribution in [0.3, 0.4) is 0 Å². The number of rotatable bonds is 2. The Kier molecular flexibility index (Phi) is 3.22. The number of fused-ring (bicyclic) bond motifs is 1. The molecular formula is C10H11N3S3. The van der Waals surface area contributed by atoms with Gasteiger partial charge in [-0.15, -0.1) is 22.7 Å². The topological polar surface area (TPSA) is 50.4 Å². The summed E-state index contributed by atoms with van der Waals surface area (Å²) in [6.45, 7) is 4.24. The maximum absolute atomic E-state index is 5.29. The average Bonchev–Trinajstić information content (AvgIpc) is 2.70. The van der Waals surface area contributed by atoms with Crippen LogP contribution in [0.2, 0.25) is 0 Å². The standard InChI is InChI=1S/C10H11N3S3/c1-5-4-15-9-8(5)6(2)7(16-9)3-12-13-10(11)14/h3-4H,1-2H3,(H3,11,13,14)/b12-3+. The first-order chi connectivity index (χ1) is 7.59. The largest absolute Gasteiger partial charge is 0.375 e. The monoisotopic (exact) mass is 269 g/mol. The molecule has 0 saturated heterocycles. The number of nitrogens with two attached hydrogens (primary N) is 1. The summed E-state index contributed by atoms with van der Waals surface area (Å²) in [5.74, 6) is 0. The number of hydrogen-bond acceptors (Lipinski definition) is 4. The van der Waals surface area contributed by atoms with Gasteiger partial charge in [0.25, 0.3) is 0 Å². The number of hydrogen-bond donors (Lipinski definition) is 2. The van der Waals surface area contributed by atoms with Gasteiger partial charge in [-0.2, -0.15) is 5.10 Å². The minimum Gasteiger partial charge on any atom is -0.375 e. The van der Waals surface area contributed by atoms with Crippen LogP contribution in [0.15, 0.2) is 10.5 Å². The van der Waals surface area contributed by atoms with E-state index in [0.717, 1.165) is 4.88 Å². The number of thiophene rings is 2. The van der Waals surface area contributed by atoms with E-state index in [1.807, 2.05) is 0 Å². The molecule has 84 valence electrons. The van der Waals surface area contributed by atoms with Crippen LogP contribution < -0.4 is 11.2 Å². The van der Waals surface area contributed by atoms with E-state index in [9.17, 15) is 0 Å². The third kappa shape index (κ3) is 2.09. The van der Waals surface area contributed by atoms with Crippen molar-refractivity contribution in [3.05, 3.63) is 21.4 Å². The summed E-state index contributed by atoms with van der Waals surface area (Å²) < 4.78 is 1.34. The van der Waals surface area contributed by atoms with Gasteiger partial charge in [0.1, 0.15) is 0 Å². The Balaban J connectivity index is 2.35. The number of hydrazone groups is 1. The van der Waals surface area contributed by atoms with Gasteiger partial charge in [-0.25, -0.2) is 0 Å². The molecule has 0 radical (unpaired) electrons. The van der Waals surface area contributed by atoms with Crippen molar-refractivity contribution in [3.8, 4) is 0 Å². The molecule has 2 aromatic rings. The molecule has 2 aromatic heterocycles. The molecule has 3 N–H and O–H groups in total. The van der Waals surface area contributed by atoms with Crippen molar-refractivity contribution in [1.29, 1.82) is 0 Å². The van der Waals surface area contributed by atoms with Crippen LogP contribution in [0.5, 0.6) is 0 Å². The zero-order valence-electron chi connectivity index (χ0n) is 8.90. The summed E-state index contributed by atoms with van der Waals surface area (Å²) in [7, 11) is 0. The van der Waals surface area contributed by atoms with E-state index in [1.165, 1.54) is 20.5 Å². The fraction of sp³-hybridized carbons (Fsp3) is 0.200. The second-order valence-corrected chi connectivity index (χ2v) is 6.04. The van der Waals surface area contributed by atoms with Gasteiger partial charge in [-0.05, 0) is 42.6 Å². The molecule has 0 bridgehead atoms. The van der Waals surface area contributed by atoms with Crippen LogP contribution in [0.4, 0.5) is 0 Å². The van der Waals surface area contributed by atoms with Crippen molar-refractivity contribution in [3.63, 3.8) is 0 Å². The maximum Gasteiger partial charge on any atom is 0.184 e. The Morgan fingerprint density at radius 1 is 1.56 bits per heavy atom. The molecule has 0 aromatic carbocycles. The zero-order chi connectivity index (χ0) is 11.7. The van der Waals surface area contributed by atoms with Crippen molar-refractivity contribution in [2.45, 2.75) is 13.8 Å². The van der Waals surface area contributed by atoms with Crippen LogP contribution in [0, 0.1) is 13.8 Å². The predicted octanol–water partition coefficient (Wildman–Crippen LogP) is 2.75. The van der Waals surface area contributed by atoms with E-state index in [1.54, 1.807) is 28.9 Å². The molecule has 0 atom stereocenters. The molecule has 3 nitrogen and oxygen atoms in total. The second-order valence-electron chi connectivity index (χ2n) is 3.41. The van der Waals surface area contributed by atoms with Crippen LogP contribution in [0.25, 0.3) is 9.40 Å². The Bertz CT molecular complexity index is 565. The highest BCUT2D eigenvalue weighted by atomic mass is 32.2. The van der Waals surface area contributed by atoms with Crippen molar-refractivity contribution in [1.82, 2.24) is 5.43 Å². The van der Waals surface area contributed by atoms with Crippen molar-refractivity contribution < 1.29 is 0 Å². The van der Waals surface area contributed by atoms with Gasteiger partial charge >= 0.3 is 0 Å². The summed E-state index contributed by atoms with van der Waals surface area (Å²) in [6.07, 6.45) is 1.77. The predicted molar refractivity (Wildman–Crippen MR) is 76.7 cm³/mol. The lowest BCUT2D eigenvalue weighted by atomic mass is 10.1. The molecule has 0 aliphatic rings. The average molecular weight is 269 g/mol. The minimum absolute atomic E-state index is 0.184. The first kappa shape index (κ1) is 11.5. The fourth-order valence-electron chi connectivity index (χ4n) is 1.52. The van der Waals surface area contributed by atoms with Gasteiger partial charge in [0.05, 0.1) is 15.1 Å². The normalized spacial score (nSPS) is 11.4. The minimum atomic E-state index is 0.184. The Hall–Kier alpha value is -0.980. The SMILES string of the molecule is Cc1csc2sc(/C=N/NC(N)=S)c(C)c12. The molecule has 0 amide bonds. The van der Waals surface area contributed by atoms with E-state index in [0.29, 0.717) is 0 Å². The number of thiocarbonyl (C=S) groups is 1. The Morgan fingerprint density at radius 2 is 2.31 bits per heavy atom. The highest BCUT2D eigenvalue weighted by Crippen LogP contribution is 2.36. The van der Waals surface area contributed by atoms with Crippen LogP contribution in [-0.2, 0) is 0 Å². The first-order valence-corrected chi connectivity index (χ1v) is 6.75. The van der Waals surface area contributed by atoms with Crippen LogP contribution in [-0.4, -0.2) is 11.3 Å². The Morgan fingerprint density at radius 3 is 2.94 bits per heavy atom. The van der Waals surface area contributed by atoms with Gasteiger partial charge in [-0.3, -0.25) is 5.43 Å². The fourth-order valence-corrected chi connectivity index (χ4v) is 3.99. The number of nitrogens with zero attached hydrogens (tertiary/aromatic N) is 1. The summed E-state index contributed by atoms with van der Waals surface area (Å²) in [4.78, 5) is 1.15. The first-order valence-electron chi connectivity index (χ1n) is 4.65. The summed E-state index contributed by atoms with van der Waals surface area (Å²) in [6, 6.07) is 0. The third-order valence-electron chi connectivity index (χ3n) is 2.25. The highest BCUT2D eigenvalue weighted by molar-refractivity contribution is 7.80. The molecule has 0 spiro atoms. The zero-order valence-corrected chi connectivity index (χ0v) is 11.4.